The fourth-order valence-electron chi connectivity index (χ4n) is 1.53. The van der Waals surface area contributed by atoms with Gasteiger partial charge in [-0.05, 0) is 26.3 Å². The number of hydrogen-bond donors (Lipinski definition) is 2. The highest BCUT2D eigenvalue weighted by molar-refractivity contribution is 5.94. The second kappa shape index (κ2) is 5.63. The van der Waals surface area contributed by atoms with E-state index in [1.54, 1.807) is 13.0 Å². The van der Waals surface area contributed by atoms with Crippen LogP contribution in [0.2, 0.25) is 0 Å². The third-order valence-electron chi connectivity index (χ3n) is 2.54. The molecule has 17 heavy (non-hydrogen) atoms. The standard InChI is InChI=1S/C12H18N2O3/c1-8-6-11(10(7-13-8)12(16)17)14(3)5-4-9(2)15/h6-7,9,15H,4-5H2,1-3H3,(H,16,17). The van der Waals surface area contributed by atoms with Crippen LogP contribution in [0.25, 0.3) is 0 Å². The van der Waals surface area contributed by atoms with Crippen LogP contribution in [0.1, 0.15) is 29.4 Å². The fourth-order valence-corrected chi connectivity index (χ4v) is 1.53. The van der Waals surface area contributed by atoms with E-state index < -0.39 is 12.1 Å². The summed E-state index contributed by atoms with van der Waals surface area (Å²) in [6.07, 6.45) is 1.57. The summed E-state index contributed by atoms with van der Waals surface area (Å²) in [5, 5.41) is 18.3. The Hall–Kier alpha value is -1.62. The van der Waals surface area contributed by atoms with Crippen molar-refractivity contribution in [2.45, 2.75) is 26.4 Å². The molecule has 0 amide bonds. The minimum absolute atomic E-state index is 0.184. The number of hydrogen-bond acceptors (Lipinski definition) is 4. The maximum atomic E-state index is 11.1. The second-order valence-electron chi connectivity index (χ2n) is 4.21. The zero-order valence-corrected chi connectivity index (χ0v) is 10.3. The smallest absolute Gasteiger partial charge is 0.339 e. The summed E-state index contributed by atoms with van der Waals surface area (Å²) in [5.41, 5.74) is 1.59. The van der Waals surface area contributed by atoms with Gasteiger partial charge in [-0.3, -0.25) is 4.98 Å². The molecule has 1 rings (SSSR count). The Labute approximate surface area is 101 Å². The van der Waals surface area contributed by atoms with Crippen molar-refractivity contribution in [1.82, 2.24) is 4.98 Å². The molecule has 1 aromatic rings. The zero-order valence-electron chi connectivity index (χ0n) is 10.3. The Kier molecular flexibility index (Phi) is 4.45. The molecule has 0 saturated carbocycles. The number of anilines is 1. The van der Waals surface area contributed by atoms with E-state index in [2.05, 4.69) is 4.98 Å². The van der Waals surface area contributed by atoms with Crippen LogP contribution >= 0.6 is 0 Å². The molecule has 0 aliphatic rings. The molecule has 5 nitrogen and oxygen atoms in total. The molecule has 0 radical (unpaired) electrons. The molecule has 1 unspecified atom stereocenters. The average molecular weight is 238 g/mol. The van der Waals surface area contributed by atoms with Gasteiger partial charge in [0.2, 0.25) is 0 Å². The first-order valence-electron chi connectivity index (χ1n) is 5.51. The van der Waals surface area contributed by atoms with Gasteiger partial charge in [-0.2, -0.15) is 0 Å². The number of pyridine rings is 1. The quantitative estimate of drug-likeness (QED) is 0.808. The number of carbonyl (C=O) groups is 1. The molecule has 0 fully saturated rings. The van der Waals surface area contributed by atoms with E-state index in [0.717, 1.165) is 5.69 Å². The van der Waals surface area contributed by atoms with Gasteiger partial charge in [-0.25, -0.2) is 4.79 Å². The number of carboxylic acids is 1. The van der Waals surface area contributed by atoms with Crippen molar-refractivity contribution < 1.29 is 15.0 Å². The predicted molar refractivity (Wildman–Crippen MR) is 65.5 cm³/mol. The lowest BCUT2D eigenvalue weighted by molar-refractivity contribution is 0.0697. The van der Waals surface area contributed by atoms with Crippen molar-refractivity contribution in [1.29, 1.82) is 0 Å². The van der Waals surface area contributed by atoms with Gasteiger partial charge in [0.15, 0.2) is 0 Å². The lowest BCUT2D eigenvalue weighted by Crippen LogP contribution is -2.24. The molecule has 5 heteroatoms. The van der Waals surface area contributed by atoms with Crippen LogP contribution in [0, 0.1) is 6.92 Å². The highest BCUT2D eigenvalue weighted by Gasteiger charge is 2.14. The highest BCUT2D eigenvalue weighted by atomic mass is 16.4. The molecular weight excluding hydrogens is 220 g/mol. The topological polar surface area (TPSA) is 73.7 Å². The van der Waals surface area contributed by atoms with Crippen molar-refractivity contribution in [3.05, 3.63) is 23.5 Å². The maximum absolute atomic E-state index is 11.1. The van der Waals surface area contributed by atoms with Crippen molar-refractivity contribution in [2.24, 2.45) is 0 Å². The maximum Gasteiger partial charge on any atom is 0.339 e. The van der Waals surface area contributed by atoms with Gasteiger partial charge in [-0.1, -0.05) is 0 Å². The van der Waals surface area contributed by atoms with Gasteiger partial charge in [0, 0.05) is 25.5 Å². The molecule has 0 aliphatic carbocycles. The largest absolute Gasteiger partial charge is 0.478 e. The first-order chi connectivity index (χ1) is 7.91. The van der Waals surface area contributed by atoms with Crippen molar-refractivity contribution in [2.75, 3.05) is 18.5 Å². The number of aliphatic hydroxyl groups excluding tert-OH is 1. The number of aliphatic hydroxyl groups is 1. The first-order valence-corrected chi connectivity index (χ1v) is 5.51. The van der Waals surface area contributed by atoms with Crippen LogP contribution in [0.5, 0.6) is 0 Å². The van der Waals surface area contributed by atoms with Crippen molar-refractivity contribution in [3.8, 4) is 0 Å². The first kappa shape index (κ1) is 13.4. The Balaban J connectivity index is 2.94. The zero-order chi connectivity index (χ0) is 13.0. The van der Waals surface area contributed by atoms with Crippen molar-refractivity contribution >= 4 is 11.7 Å². The van der Waals surface area contributed by atoms with E-state index in [9.17, 15) is 9.90 Å². The molecule has 0 aliphatic heterocycles. The van der Waals surface area contributed by atoms with Crippen LogP contribution in [-0.2, 0) is 0 Å². The van der Waals surface area contributed by atoms with E-state index in [1.165, 1.54) is 6.20 Å². The summed E-state index contributed by atoms with van der Waals surface area (Å²) in [7, 11) is 1.81. The predicted octanol–water partition coefficient (Wildman–Crippen LogP) is 1.30. The van der Waals surface area contributed by atoms with Crippen LogP contribution in [0.15, 0.2) is 12.3 Å². The van der Waals surface area contributed by atoms with Gasteiger partial charge in [0.05, 0.1) is 11.8 Å². The Morgan fingerprint density at radius 2 is 2.24 bits per heavy atom. The van der Waals surface area contributed by atoms with Gasteiger partial charge >= 0.3 is 5.97 Å². The van der Waals surface area contributed by atoms with E-state index in [4.69, 9.17) is 5.11 Å². The number of aromatic carboxylic acids is 1. The number of nitrogens with zero attached hydrogens (tertiary/aromatic N) is 2. The van der Waals surface area contributed by atoms with Gasteiger partial charge < -0.3 is 15.1 Å². The molecule has 0 saturated heterocycles. The molecule has 1 atom stereocenters. The third kappa shape index (κ3) is 3.71. The molecule has 94 valence electrons. The highest BCUT2D eigenvalue weighted by Crippen LogP contribution is 2.20. The summed E-state index contributed by atoms with van der Waals surface area (Å²) >= 11 is 0. The van der Waals surface area contributed by atoms with E-state index in [0.29, 0.717) is 18.7 Å². The van der Waals surface area contributed by atoms with Gasteiger partial charge in [-0.15, -0.1) is 0 Å². The minimum atomic E-state index is -0.989. The van der Waals surface area contributed by atoms with Gasteiger partial charge in [0.25, 0.3) is 0 Å². The molecule has 0 bridgehead atoms. The Morgan fingerprint density at radius 1 is 1.59 bits per heavy atom. The van der Waals surface area contributed by atoms with Crippen LogP contribution in [0.4, 0.5) is 5.69 Å². The van der Waals surface area contributed by atoms with Crippen molar-refractivity contribution in [3.63, 3.8) is 0 Å². The van der Waals surface area contributed by atoms with E-state index in [1.807, 2.05) is 18.9 Å². The fraction of sp³-hybridized carbons (Fsp3) is 0.500. The monoisotopic (exact) mass is 238 g/mol. The van der Waals surface area contributed by atoms with E-state index >= 15 is 0 Å². The second-order valence-corrected chi connectivity index (χ2v) is 4.21. The summed E-state index contributed by atoms with van der Waals surface area (Å²) in [5.74, 6) is -0.989. The molecule has 2 N–H and O–H groups in total. The summed E-state index contributed by atoms with van der Waals surface area (Å²) in [6.45, 7) is 4.13. The lowest BCUT2D eigenvalue weighted by Gasteiger charge is -2.22. The molecule has 1 heterocycles. The van der Waals surface area contributed by atoms with Crippen LogP contribution in [-0.4, -0.2) is 40.9 Å². The van der Waals surface area contributed by atoms with E-state index in [-0.39, 0.29) is 5.56 Å². The normalized spacial score (nSPS) is 12.2. The summed E-state index contributed by atoms with van der Waals surface area (Å²) in [4.78, 5) is 16.9. The molecule has 0 aromatic carbocycles. The number of carboxylic acid groups (broad SMARTS) is 1. The van der Waals surface area contributed by atoms with Crippen LogP contribution < -0.4 is 4.90 Å². The minimum Gasteiger partial charge on any atom is -0.478 e. The Bertz CT molecular complexity index is 405. The third-order valence-corrected chi connectivity index (χ3v) is 2.54. The molecule has 0 spiro atoms. The van der Waals surface area contributed by atoms with Gasteiger partial charge in [0.1, 0.15) is 5.56 Å². The number of aryl methyl sites for hydroxylation is 1. The SMILES string of the molecule is Cc1cc(N(C)CCC(C)O)c(C(=O)O)cn1. The summed E-state index contributed by atoms with van der Waals surface area (Å²) in [6, 6.07) is 1.74. The average Bonchev–Trinajstić information content (AvgIpc) is 2.25. The summed E-state index contributed by atoms with van der Waals surface area (Å²) < 4.78 is 0. The number of rotatable bonds is 5. The number of aromatic nitrogens is 1. The molecular formula is C12H18N2O3. The Morgan fingerprint density at radius 3 is 2.76 bits per heavy atom. The van der Waals surface area contributed by atoms with Crippen LogP contribution in [0.3, 0.4) is 0 Å². The molecule has 1 aromatic heterocycles. The lowest BCUT2D eigenvalue weighted by atomic mass is 10.2.